The monoisotopic (exact) mass is 472 g/mol. The number of hydrogen-bond donors (Lipinski definition) is 1. The predicted molar refractivity (Wildman–Crippen MR) is 144 cm³/mol. The second-order valence-corrected chi connectivity index (χ2v) is 8.92. The summed E-state index contributed by atoms with van der Waals surface area (Å²) in [6, 6.07) is 36.5. The van der Waals surface area contributed by atoms with Crippen LogP contribution in [0, 0.1) is 11.3 Å². The number of carbonyl (C=O) groups is 1. The van der Waals surface area contributed by atoms with Gasteiger partial charge in [0.15, 0.2) is 0 Å². The molecule has 5 nitrogen and oxygen atoms in total. The minimum Gasteiger partial charge on any atom is -0.322 e. The number of rotatable bonds is 5. The number of nitriles is 1. The Bertz CT molecular complexity index is 1390. The van der Waals surface area contributed by atoms with E-state index in [2.05, 4.69) is 47.8 Å². The summed E-state index contributed by atoms with van der Waals surface area (Å²) in [5.41, 5.74) is 6.73. The Morgan fingerprint density at radius 1 is 0.778 bits per heavy atom. The van der Waals surface area contributed by atoms with Crippen molar-refractivity contribution < 1.29 is 4.79 Å². The maximum absolute atomic E-state index is 13.8. The lowest BCUT2D eigenvalue weighted by molar-refractivity contribution is 0.196. The van der Waals surface area contributed by atoms with Crippen LogP contribution in [0.25, 0.3) is 22.3 Å². The van der Waals surface area contributed by atoms with Crippen LogP contribution in [-0.2, 0) is 6.54 Å². The molecule has 5 heteroatoms. The highest BCUT2D eigenvalue weighted by atomic mass is 16.2. The molecule has 178 valence electrons. The van der Waals surface area contributed by atoms with Crippen LogP contribution >= 0.6 is 0 Å². The molecule has 1 saturated heterocycles. The normalized spacial score (nSPS) is 13.1. The fraction of sp³-hybridized carbons (Fsp3) is 0.161. The van der Waals surface area contributed by atoms with Gasteiger partial charge in [-0.2, -0.15) is 5.26 Å². The largest absolute Gasteiger partial charge is 0.324 e. The standard InChI is InChI=1S/C31H28N4O/c32-22-24-7-4-12-28(19-24)29-13-6-14-30(21-29)35(31(36)34-17-15-33-16-18-34)23-25-8-5-11-27(20-25)26-9-2-1-3-10-26/h1-14,19-21,33H,15-18,23H2. The molecule has 4 aromatic rings. The highest BCUT2D eigenvalue weighted by molar-refractivity contribution is 5.93. The zero-order valence-electron chi connectivity index (χ0n) is 20.1. The lowest BCUT2D eigenvalue weighted by Crippen LogP contribution is -2.51. The summed E-state index contributed by atoms with van der Waals surface area (Å²) in [5.74, 6) is 0. The van der Waals surface area contributed by atoms with E-state index in [9.17, 15) is 10.1 Å². The third-order valence-electron chi connectivity index (χ3n) is 6.48. The number of nitrogens with zero attached hydrogens (tertiary/aromatic N) is 3. The molecule has 0 aliphatic carbocycles. The molecule has 1 aliphatic heterocycles. The number of hydrogen-bond acceptors (Lipinski definition) is 3. The van der Waals surface area contributed by atoms with Crippen molar-refractivity contribution in [3.8, 4) is 28.3 Å². The van der Waals surface area contributed by atoms with Crippen LogP contribution in [0.4, 0.5) is 10.5 Å². The number of carbonyl (C=O) groups excluding carboxylic acids is 1. The minimum atomic E-state index is 0.00420. The molecule has 0 unspecified atom stereocenters. The number of anilines is 1. The van der Waals surface area contributed by atoms with Crippen molar-refractivity contribution in [2.24, 2.45) is 0 Å². The van der Waals surface area contributed by atoms with Crippen LogP contribution in [0.15, 0.2) is 103 Å². The van der Waals surface area contributed by atoms with Gasteiger partial charge in [-0.25, -0.2) is 4.79 Å². The van der Waals surface area contributed by atoms with Crippen molar-refractivity contribution in [2.75, 3.05) is 31.1 Å². The van der Waals surface area contributed by atoms with E-state index in [1.165, 1.54) is 0 Å². The number of urea groups is 1. The average Bonchev–Trinajstić information content (AvgIpc) is 2.97. The van der Waals surface area contributed by atoms with Crippen LogP contribution in [0.2, 0.25) is 0 Å². The van der Waals surface area contributed by atoms with Crippen molar-refractivity contribution in [3.05, 3.63) is 114 Å². The van der Waals surface area contributed by atoms with Gasteiger partial charge in [0, 0.05) is 31.9 Å². The lowest BCUT2D eigenvalue weighted by Gasteiger charge is -2.33. The first-order valence-electron chi connectivity index (χ1n) is 12.2. The van der Waals surface area contributed by atoms with E-state index in [1.807, 2.05) is 70.5 Å². The first-order chi connectivity index (χ1) is 17.7. The molecule has 0 spiro atoms. The van der Waals surface area contributed by atoms with Gasteiger partial charge < -0.3 is 10.2 Å². The van der Waals surface area contributed by atoms with E-state index in [4.69, 9.17) is 0 Å². The Labute approximate surface area is 212 Å². The van der Waals surface area contributed by atoms with Gasteiger partial charge in [0.25, 0.3) is 0 Å². The van der Waals surface area contributed by atoms with Crippen molar-refractivity contribution >= 4 is 11.7 Å². The summed E-state index contributed by atoms with van der Waals surface area (Å²) in [6.45, 7) is 3.42. The molecule has 1 fully saturated rings. The highest BCUT2D eigenvalue weighted by Crippen LogP contribution is 2.28. The third-order valence-corrected chi connectivity index (χ3v) is 6.48. The van der Waals surface area contributed by atoms with E-state index < -0.39 is 0 Å². The molecular formula is C31H28N4O. The molecule has 0 radical (unpaired) electrons. The number of amides is 2. The first kappa shape index (κ1) is 23.3. The van der Waals surface area contributed by atoms with Crippen molar-refractivity contribution in [1.29, 1.82) is 5.26 Å². The molecule has 36 heavy (non-hydrogen) atoms. The molecule has 0 bridgehead atoms. The van der Waals surface area contributed by atoms with Gasteiger partial charge in [-0.3, -0.25) is 4.90 Å². The Morgan fingerprint density at radius 3 is 2.17 bits per heavy atom. The van der Waals surface area contributed by atoms with Crippen LogP contribution in [-0.4, -0.2) is 37.1 Å². The Kier molecular flexibility index (Phi) is 7.07. The van der Waals surface area contributed by atoms with E-state index in [1.54, 1.807) is 6.07 Å². The van der Waals surface area contributed by atoms with E-state index >= 15 is 0 Å². The molecule has 1 aliphatic rings. The Hall–Kier alpha value is -4.40. The van der Waals surface area contributed by atoms with Crippen LogP contribution in [0.1, 0.15) is 11.1 Å². The topological polar surface area (TPSA) is 59.4 Å². The maximum Gasteiger partial charge on any atom is 0.324 e. The summed E-state index contributed by atoms with van der Waals surface area (Å²) in [6.07, 6.45) is 0. The Morgan fingerprint density at radius 2 is 1.42 bits per heavy atom. The highest BCUT2D eigenvalue weighted by Gasteiger charge is 2.24. The molecule has 0 saturated carbocycles. The van der Waals surface area contributed by atoms with E-state index in [0.717, 1.165) is 46.6 Å². The predicted octanol–water partition coefficient (Wildman–Crippen LogP) is 5.92. The molecule has 0 atom stereocenters. The van der Waals surface area contributed by atoms with Crippen molar-refractivity contribution in [1.82, 2.24) is 10.2 Å². The van der Waals surface area contributed by atoms with Gasteiger partial charge in [0.1, 0.15) is 0 Å². The molecule has 1 heterocycles. The fourth-order valence-electron chi connectivity index (χ4n) is 4.58. The lowest BCUT2D eigenvalue weighted by atomic mass is 10.0. The van der Waals surface area contributed by atoms with E-state index in [0.29, 0.717) is 25.2 Å². The molecule has 5 rings (SSSR count). The fourth-order valence-corrected chi connectivity index (χ4v) is 4.58. The number of benzene rings is 4. The third kappa shape index (κ3) is 5.30. The second-order valence-electron chi connectivity index (χ2n) is 8.92. The average molecular weight is 473 g/mol. The first-order valence-corrected chi connectivity index (χ1v) is 12.2. The van der Waals surface area contributed by atoms with Crippen LogP contribution in [0.5, 0.6) is 0 Å². The summed E-state index contributed by atoms with van der Waals surface area (Å²) < 4.78 is 0. The summed E-state index contributed by atoms with van der Waals surface area (Å²) >= 11 is 0. The number of nitrogens with one attached hydrogen (secondary N) is 1. The zero-order valence-corrected chi connectivity index (χ0v) is 20.1. The summed E-state index contributed by atoms with van der Waals surface area (Å²) in [4.78, 5) is 17.6. The maximum atomic E-state index is 13.8. The van der Waals surface area contributed by atoms with Crippen molar-refractivity contribution in [3.63, 3.8) is 0 Å². The zero-order chi connectivity index (χ0) is 24.7. The number of piperazine rings is 1. The van der Waals surface area contributed by atoms with Crippen LogP contribution < -0.4 is 10.2 Å². The molecule has 0 aromatic heterocycles. The smallest absolute Gasteiger partial charge is 0.322 e. The summed E-state index contributed by atoms with van der Waals surface area (Å²) in [7, 11) is 0. The van der Waals surface area contributed by atoms with Gasteiger partial charge in [0.2, 0.25) is 0 Å². The molecular weight excluding hydrogens is 444 g/mol. The molecule has 2 amide bonds. The molecule has 1 N–H and O–H groups in total. The van der Waals surface area contributed by atoms with Gasteiger partial charge in [-0.1, -0.05) is 72.8 Å². The van der Waals surface area contributed by atoms with Gasteiger partial charge >= 0.3 is 6.03 Å². The molecule has 4 aromatic carbocycles. The minimum absolute atomic E-state index is 0.00420. The van der Waals surface area contributed by atoms with Gasteiger partial charge in [-0.15, -0.1) is 0 Å². The SMILES string of the molecule is N#Cc1cccc(-c2cccc(N(Cc3cccc(-c4ccccc4)c3)C(=O)N3CCNCC3)c2)c1. The van der Waals surface area contributed by atoms with Gasteiger partial charge in [-0.05, 0) is 58.1 Å². The van der Waals surface area contributed by atoms with Crippen LogP contribution in [0.3, 0.4) is 0 Å². The van der Waals surface area contributed by atoms with E-state index in [-0.39, 0.29) is 6.03 Å². The van der Waals surface area contributed by atoms with Gasteiger partial charge in [0.05, 0.1) is 18.2 Å². The Balaban J connectivity index is 1.50. The summed E-state index contributed by atoms with van der Waals surface area (Å²) in [5, 5.41) is 12.7. The second kappa shape index (κ2) is 10.9. The van der Waals surface area contributed by atoms with Crippen molar-refractivity contribution in [2.45, 2.75) is 6.54 Å². The quantitative estimate of drug-likeness (QED) is 0.392.